The van der Waals surface area contributed by atoms with Crippen molar-refractivity contribution in [3.63, 3.8) is 0 Å². The lowest BCUT2D eigenvalue weighted by Gasteiger charge is -2.18. The lowest BCUT2D eigenvalue weighted by Crippen LogP contribution is -2.48. The Morgan fingerprint density at radius 2 is 1.94 bits per heavy atom. The molecule has 0 aliphatic carbocycles. The lowest BCUT2D eigenvalue weighted by atomic mass is 10.0. The van der Waals surface area contributed by atoms with Crippen molar-refractivity contribution in [2.24, 2.45) is 11.7 Å². The third-order valence-corrected chi connectivity index (χ3v) is 2.26. The second kappa shape index (κ2) is 7.22. The highest BCUT2D eigenvalue weighted by molar-refractivity contribution is 5.86. The summed E-state index contributed by atoms with van der Waals surface area (Å²) >= 11 is 0. The van der Waals surface area contributed by atoms with Crippen molar-refractivity contribution < 1.29 is 14.7 Å². The highest BCUT2D eigenvalue weighted by Crippen LogP contribution is 2.05. The number of carboxylic acid groups (broad SMARTS) is 1. The Kier molecular flexibility index (Phi) is 6.72. The molecule has 2 atom stereocenters. The Morgan fingerprint density at radius 1 is 1.38 bits per heavy atom. The number of rotatable bonds is 7. The first kappa shape index (κ1) is 14.9. The molecule has 0 rings (SSSR count). The van der Waals surface area contributed by atoms with Gasteiger partial charge in [0.1, 0.15) is 6.04 Å². The fourth-order valence-corrected chi connectivity index (χ4v) is 1.41. The van der Waals surface area contributed by atoms with E-state index in [0.717, 1.165) is 6.42 Å². The Bertz CT molecular complexity index is 241. The first-order valence-electron chi connectivity index (χ1n) is 5.67. The number of carbonyl (C=O) groups is 2. The smallest absolute Gasteiger partial charge is 0.326 e. The van der Waals surface area contributed by atoms with Gasteiger partial charge in [-0.3, -0.25) is 4.79 Å². The zero-order valence-electron chi connectivity index (χ0n) is 10.2. The van der Waals surface area contributed by atoms with Gasteiger partial charge in [-0.2, -0.15) is 0 Å². The zero-order chi connectivity index (χ0) is 12.7. The number of nitrogens with two attached hydrogens (primary N) is 1. The predicted molar refractivity (Wildman–Crippen MR) is 61.9 cm³/mol. The molecule has 0 heterocycles. The van der Waals surface area contributed by atoms with E-state index in [0.29, 0.717) is 12.8 Å². The van der Waals surface area contributed by atoms with E-state index in [1.807, 2.05) is 20.8 Å². The molecule has 0 fully saturated rings. The van der Waals surface area contributed by atoms with Crippen molar-refractivity contribution >= 4 is 11.9 Å². The monoisotopic (exact) mass is 230 g/mol. The van der Waals surface area contributed by atoms with Crippen LogP contribution in [-0.2, 0) is 9.59 Å². The number of amides is 1. The van der Waals surface area contributed by atoms with Gasteiger partial charge in [0.2, 0.25) is 5.91 Å². The van der Waals surface area contributed by atoms with E-state index in [9.17, 15) is 9.59 Å². The van der Waals surface area contributed by atoms with Gasteiger partial charge in [-0.15, -0.1) is 0 Å². The molecule has 0 aromatic rings. The van der Waals surface area contributed by atoms with E-state index in [1.165, 1.54) is 0 Å². The van der Waals surface area contributed by atoms with Crippen molar-refractivity contribution in [2.75, 3.05) is 0 Å². The minimum Gasteiger partial charge on any atom is -0.480 e. The molecule has 5 nitrogen and oxygen atoms in total. The molecule has 16 heavy (non-hydrogen) atoms. The maximum atomic E-state index is 11.5. The van der Waals surface area contributed by atoms with E-state index >= 15 is 0 Å². The van der Waals surface area contributed by atoms with Crippen LogP contribution in [0.4, 0.5) is 0 Å². The van der Waals surface area contributed by atoms with Crippen LogP contribution in [0.2, 0.25) is 0 Å². The molecular formula is C11H22N2O3. The van der Waals surface area contributed by atoms with Gasteiger partial charge in [-0.25, -0.2) is 4.79 Å². The molecule has 0 aliphatic rings. The summed E-state index contributed by atoms with van der Waals surface area (Å²) < 4.78 is 0. The van der Waals surface area contributed by atoms with Crippen LogP contribution < -0.4 is 11.1 Å². The van der Waals surface area contributed by atoms with Gasteiger partial charge >= 0.3 is 5.97 Å². The van der Waals surface area contributed by atoms with Crippen LogP contribution in [0.15, 0.2) is 0 Å². The molecule has 0 saturated heterocycles. The molecule has 0 saturated carbocycles. The van der Waals surface area contributed by atoms with E-state index in [2.05, 4.69) is 5.32 Å². The number of nitrogens with one attached hydrogen (secondary N) is 1. The molecule has 1 amide bonds. The summed E-state index contributed by atoms with van der Waals surface area (Å²) in [5.41, 5.74) is 5.60. The van der Waals surface area contributed by atoms with Crippen LogP contribution in [0, 0.1) is 5.92 Å². The van der Waals surface area contributed by atoms with E-state index in [-0.39, 0.29) is 11.8 Å². The standard InChI is InChI=1S/C11H22N2O3/c1-4-5-8(12)10(14)13-9(11(15)16)6-7(2)3/h7-9H,4-6,12H2,1-3H3,(H,13,14)(H,15,16)/t8?,9-/m0/s1. The summed E-state index contributed by atoms with van der Waals surface area (Å²) in [6.07, 6.45) is 1.79. The molecule has 0 radical (unpaired) electrons. The predicted octanol–water partition coefficient (Wildman–Crippen LogP) is 0.729. The fraction of sp³-hybridized carbons (Fsp3) is 0.818. The van der Waals surface area contributed by atoms with E-state index in [1.54, 1.807) is 0 Å². The molecule has 0 spiro atoms. The molecule has 4 N–H and O–H groups in total. The van der Waals surface area contributed by atoms with Gasteiger partial charge in [0, 0.05) is 0 Å². The second-order valence-corrected chi connectivity index (χ2v) is 4.42. The van der Waals surface area contributed by atoms with Crippen molar-refractivity contribution in [1.82, 2.24) is 5.32 Å². The van der Waals surface area contributed by atoms with Crippen LogP contribution in [0.3, 0.4) is 0 Å². The summed E-state index contributed by atoms with van der Waals surface area (Å²) in [7, 11) is 0. The minimum atomic E-state index is -1.01. The van der Waals surface area contributed by atoms with Gasteiger partial charge < -0.3 is 16.2 Å². The normalized spacial score (nSPS) is 14.6. The van der Waals surface area contributed by atoms with E-state index < -0.39 is 18.1 Å². The van der Waals surface area contributed by atoms with Gasteiger partial charge in [0.25, 0.3) is 0 Å². The van der Waals surface area contributed by atoms with Crippen molar-refractivity contribution in [3.8, 4) is 0 Å². The molecule has 0 aliphatic heterocycles. The van der Waals surface area contributed by atoms with Gasteiger partial charge in [0.15, 0.2) is 0 Å². The average Bonchev–Trinajstić information content (AvgIpc) is 2.16. The molecule has 0 aromatic heterocycles. The summed E-state index contributed by atoms with van der Waals surface area (Å²) in [6.45, 7) is 5.75. The molecular weight excluding hydrogens is 208 g/mol. The second-order valence-electron chi connectivity index (χ2n) is 4.42. The third kappa shape index (κ3) is 5.70. The van der Waals surface area contributed by atoms with Crippen LogP contribution in [-0.4, -0.2) is 29.1 Å². The maximum absolute atomic E-state index is 11.5. The van der Waals surface area contributed by atoms with Crippen molar-refractivity contribution in [1.29, 1.82) is 0 Å². The summed E-state index contributed by atoms with van der Waals surface area (Å²) in [5.74, 6) is -1.18. The molecule has 0 bridgehead atoms. The third-order valence-electron chi connectivity index (χ3n) is 2.26. The van der Waals surface area contributed by atoms with Crippen LogP contribution in [0.1, 0.15) is 40.0 Å². The molecule has 0 aromatic carbocycles. The topological polar surface area (TPSA) is 92.4 Å². The van der Waals surface area contributed by atoms with Gasteiger partial charge in [0.05, 0.1) is 6.04 Å². The number of carbonyl (C=O) groups excluding carboxylic acids is 1. The molecule has 94 valence electrons. The number of carboxylic acids is 1. The number of hydrogen-bond donors (Lipinski definition) is 3. The largest absolute Gasteiger partial charge is 0.480 e. The Morgan fingerprint density at radius 3 is 2.31 bits per heavy atom. The van der Waals surface area contributed by atoms with Crippen molar-refractivity contribution in [2.45, 2.75) is 52.1 Å². The quantitative estimate of drug-likeness (QED) is 0.601. The fourth-order valence-electron chi connectivity index (χ4n) is 1.41. The highest BCUT2D eigenvalue weighted by atomic mass is 16.4. The minimum absolute atomic E-state index is 0.212. The molecule has 1 unspecified atom stereocenters. The summed E-state index contributed by atoms with van der Waals surface area (Å²) in [6, 6.07) is -1.45. The highest BCUT2D eigenvalue weighted by Gasteiger charge is 2.23. The van der Waals surface area contributed by atoms with E-state index in [4.69, 9.17) is 10.8 Å². The van der Waals surface area contributed by atoms with Gasteiger partial charge in [-0.05, 0) is 18.8 Å². The first-order chi connectivity index (χ1) is 7.38. The maximum Gasteiger partial charge on any atom is 0.326 e. The number of hydrogen-bond acceptors (Lipinski definition) is 3. The van der Waals surface area contributed by atoms with Gasteiger partial charge in [-0.1, -0.05) is 27.2 Å². The summed E-state index contributed by atoms with van der Waals surface area (Å²) in [4.78, 5) is 22.4. The summed E-state index contributed by atoms with van der Waals surface area (Å²) in [5, 5.41) is 11.4. The van der Waals surface area contributed by atoms with Crippen molar-refractivity contribution in [3.05, 3.63) is 0 Å². The van der Waals surface area contributed by atoms with Crippen LogP contribution in [0.5, 0.6) is 0 Å². The Labute approximate surface area is 96.4 Å². The van der Waals surface area contributed by atoms with Crippen LogP contribution >= 0.6 is 0 Å². The molecule has 5 heteroatoms. The first-order valence-corrected chi connectivity index (χ1v) is 5.67. The lowest BCUT2D eigenvalue weighted by molar-refractivity contribution is -0.142. The number of aliphatic carboxylic acids is 1. The Balaban J connectivity index is 4.28. The van der Waals surface area contributed by atoms with Crippen LogP contribution in [0.25, 0.3) is 0 Å². The average molecular weight is 230 g/mol. The SMILES string of the molecule is CCCC(N)C(=O)N[C@@H](CC(C)C)C(=O)O. The Hall–Kier alpha value is -1.10. The zero-order valence-corrected chi connectivity index (χ0v) is 10.2.